The molecule has 0 bridgehead atoms. The summed E-state index contributed by atoms with van der Waals surface area (Å²) in [5, 5.41) is 2.83. The van der Waals surface area contributed by atoms with Crippen LogP contribution in [0.5, 0.6) is 0 Å². The van der Waals surface area contributed by atoms with Gasteiger partial charge in [-0.3, -0.25) is 9.59 Å². The number of rotatable bonds is 7. The maximum atomic E-state index is 13.4. The van der Waals surface area contributed by atoms with Crippen LogP contribution in [0.2, 0.25) is 0 Å². The molecule has 2 aromatic rings. The van der Waals surface area contributed by atoms with Crippen molar-refractivity contribution in [1.29, 1.82) is 0 Å². The van der Waals surface area contributed by atoms with Gasteiger partial charge < -0.3 is 15.1 Å². The lowest BCUT2D eigenvalue weighted by Gasteiger charge is -2.27. The first kappa shape index (κ1) is 20.8. The molecule has 0 spiro atoms. The highest BCUT2D eigenvalue weighted by atomic mass is 19.1. The summed E-state index contributed by atoms with van der Waals surface area (Å²) in [5.74, 6) is -0.736. The standard InChI is InChI=1S/C23H28FN3O2/c1-15(2)23(29)27(20-9-10-20)14-17-13-19(8-11-21(17)26(3)4)25-22(28)16-6-5-7-18(24)12-16/h5-8,11-13,15,20H,9-10,14H2,1-4H3,(H,25,28). The van der Waals surface area contributed by atoms with Crippen molar-refractivity contribution < 1.29 is 14.0 Å². The van der Waals surface area contributed by atoms with Gasteiger partial charge in [0.2, 0.25) is 5.91 Å². The van der Waals surface area contributed by atoms with Gasteiger partial charge in [-0.05, 0) is 54.8 Å². The molecule has 1 fully saturated rings. The zero-order valence-corrected chi connectivity index (χ0v) is 17.4. The van der Waals surface area contributed by atoms with E-state index in [4.69, 9.17) is 0 Å². The van der Waals surface area contributed by atoms with Crippen molar-refractivity contribution in [1.82, 2.24) is 4.90 Å². The van der Waals surface area contributed by atoms with Gasteiger partial charge in [0.1, 0.15) is 5.82 Å². The number of amides is 2. The second kappa shape index (κ2) is 8.64. The van der Waals surface area contributed by atoms with Gasteiger partial charge in [0.05, 0.1) is 0 Å². The summed E-state index contributed by atoms with van der Waals surface area (Å²) < 4.78 is 13.4. The Balaban J connectivity index is 1.85. The first-order valence-electron chi connectivity index (χ1n) is 9.94. The number of nitrogens with one attached hydrogen (secondary N) is 1. The van der Waals surface area contributed by atoms with Crippen molar-refractivity contribution in [3.63, 3.8) is 0 Å². The van der Waals surface area contributed by atoms with Crippen molar-refractivity contribution >= 4 is 23.2 Å². The smallest absolute Gasteiger partial charge is 0.255 e. The Labute approximate surface area is 171 Å². The van der Waals surface area contributed by atoms with E-state index < -0.39 is 5.82 Å². The Bertz CT molecular complexity index is 907. The minimum absolute atomic E-state index is 0.0609. The van der Waals surface area contributed by atoms with Gasteiger partial charge in [-0.25, -0.2) is 4.39 Å². The van der Waals surface area contributed by atoms with E-state index in [1.54, 1.807) is 6.07 Å². The molecule has 0 heterocycles. The summed E-state index contributed by atoms with van der Waals surface area (Å²) in [4.78, 5) is 29.1. The lowest BCUT2D eigenvalue weighted by atomic mass is 10.1. The third kappa shape index (κ3) is 5.13. The molecule has 2 amide bonds. The molecule has 6 heteroatoms. The number of carbonyl (C=O) groups excluding carboxylic acids is 2. The van der Waals surface area contributed by atoms with Gasteiger partial charge in [-0.15, -0.1) is 0 Å². The third-order valence-corrected chi connectivity index (χ3v) is 5.01. The van der Waals surface area contributed by atoms with Crippen molar-refractivity contribution in [2.24, 2.45) is 5.92 Å². The zero-order valence-electron chi connectivity index (χ0n) is 17.4. The van der Waals surface area contributed by atoms with Crippen LogP contribution in [0.3, 0.4) is 0 Å². The number of carbonyl (C=O) groups is 2. The highest BCUT2D eigenvalue weighted by Crippen LogP contribution is 2.32. The molecule has 0 radical (unpaired) electrons. The van der Waals surface area contributed by atoms with Crippen LogP contribution in [-0.4, -0.2) is 36.9 Å². The van der Waals surface area contributed by atoms with E-state index in [-0.39, 0.29) is 23.3 Å². The first-order valence-corrected chi connectivity index (χ1v) is 9.94. The number of hydrogen-bond acceptors (Lipinski definition) is 3. The normalized spacial score (nSPS) is 13.3. The molecule has 0 saturated heterocycles. The predicted molar refractivity (Wildman–Crippen MR) is 114 cm³/mol. The fraction of sp³-hybridized carbons (Fsp3) is 0.391. The number of nitrogens with zero attached hydrogens (tertiary/aromatic N) is 2. The monoisotopic (exact) mass is 397 g/mol. The summed E-state index contributed by atoms with van der Waals surface area (Å²) in [6.45, 7) is 4.33. The molecule has 0 atom stereocenters. The van der Waals surface area contributed by atoms with E-state index in [1.165, 1.54) is 18.2 Å². The van der Waals surface area contributed by atoms with Crippen LogP contribution in [0.25, 0.3) is 0 Å². The lowest BCUT2D eigenvalue weighted by Crippen LogP contribution is -2.36. The fourth-order valence-electron chi connectivity index (χ4n) is 3.35. The minimum Gasteiger partial charge on any atom is -0.377 e. The molecular weight excluding hydrogens is 369 g/mol. The Morgan fingerprint density at radius 1 is 1.14 bits per heavy atom. The average molecular weight is 397 g/mol. The van der Waals surface area contributed by atoms with Gasteiger partial charge in [0.25, 0.3) is 5.91 Å². The molecule has 0 aromatic heterocycles. The highest BCUT2D eigenvalue weighted by molar-refractivity contribution is 6.04. The molecule has 3 rings (SSSR count). The van der Waals surface area contributed by atoms with Crippen LogP contribution in [0, 0.1) is 11.7 Å². The van der Waals surface area contributed by atoms with Crippen molar-refractivity contribution in [3.8, 4) is 0 Å². The molecule has 0 unspecified atom stereocenters. The van der Waals surface area contributed by atoms with E-state index in [0.717, 1.165) is 24.1 Å². The van der Waals surface area contributed by atoms with E-state index in [1.807, 2.05) is 55.9 Å². The van der Waals surface area contributed by atoms with Crippen LogP contribution in [0.4, 0.5) is 15.8 Å². The maximum absolute atomic E-state index is 13.4. The van der Waals surface area contributed by atoms with Crippen molar-refractivity contribution in [3.05, 3.63) is 59.4 Å². The summed E-state index contributed by atoms with van der Waals surface area (Å²) in [6.07, 6.45) is 2.07. The summed E-state index contributed by atoms with van der Waals surface area (Å²) in [6, 6.07) is 11.5. The van der Waals surface area contributed by atoms with E-state index in [9.17, 15) is 14.0 Å². The van der Waals surface area contributed by atoms with Crippen LogP contribution < -0.4 is 10.2 Å². The number of anilines is 2. The predicted octanol–water partition coefficient (Wildman–Crippen LogP) is 4.29. The van der Waals surface area contributed by atoms with Crippen LogP contribution in [-0.2, 0) is 11.3 Å². The first-order chi connectivity index (χ1) is 13.8. The summed E-state index contributed by atoms with van der Waals surface area (Å²) in [5.41, 5.74) is 2.84. The quantitative estimate of drug-likeness (QED) is 0.758. The van der Waals surface area contributed by atoms with E-state index in [2.05, 4.69) is 5.32 Å². The van der Waals surface area contributed by atoms with Gasteiger partial charge in [-0.2, -0.15) is 0 Å². The molecule has 29 heavy (non-hydrogen) atoms. The van der Waals surface area contributed by atoms with E-state index >= 15 is 0 Å². The molecule has 1 saturated carbocycles. The largest absolute Gasteiger partial charge is 0.377 e. The Morgan fingerprint density at radius 2 is 1.86 bits per heavy atom. The second-order valence-electron chi connectivity index (χ2n) is 8.05. The van der Waals surface area contributed by atoms with Gasteiger partial charge >= 0.3 is 0 Å². The zero-order chi connectivity index (χ0) is 21.1. The number of benzene rings is 2. The third-order valence-electron chi connectivity index (χ3n) is 5.01. The average Bonchev–Trinajstić information content (AvgIpc) is 3.50. The fourth-order valence-corrected chi connectivity index (χ4v) is 3.35. The molecule has 1 N–H and O–H groups in total. The minimum atomic E-state index is -0.450. The molecule has 1 aliphatic carbocycles. The number of halogens is 1. The molecule has 154 valence electrons. The summed E-state index contributed by atoms with van der Waals surface area (Å²) in [7, 11) is 3.91. The molecule has 5 nitrogen and oxygen atoms in total. The van der Waals surface area contributed by atoms with Crippen LogP contribution in [0.1, 0.15) is 42.6 Å². The van der Waals surface area contributed by atoms with Crippen LogP contribution in [0.15, 0.2) is 42.5 Å². The van der Waals surface area contributed by atoms with Gasteiger partial charge in [-0.1, -0.05) is 19.9 Å². The lowest BCUT2D eigenvalue weighted by molar-refractivity contribution is -0.135. The Morgan fingerprint density at radius 3 is 2.45 bits per heavy atom. The molecule has 1 aliphatic rings. The highest BCUT2D eigenvalue weighted by Gasteiger charge is 2.34. The Hall–Kier alpha value is -2.89. The Kier molecular flexibility index (Phi) is 6.20. The topological polar surface area (TPSA) is 52.7 Å². The molecular formula is C23H28FN3O2. The summed E-state index contributed by atoms with van der Waals surface area (Å²) >= 11 is 0. The van der Waals surface area contributed by atoms with Gasteiger partial charge in [0, 0.05) is 49.5 Å². The van der Waals surface area contributed by atoms with Gasteiger partial charge in [0.15, 0.2) is 0 Å². The second-order valence-corrected chi connectivity index (χ2v) is 8.05. The van der Waals surface area contributed by atoms with E-state index in [0.29, 0.717) is 18.3 Å². The molecule has 0 aliphatic heterocycles. The molecule has 2 aromatic carbocycles. The van der Waals surface area contributed by atoms with Crippen LogP contribution >= 0.6 is 0 Å². The SMILES string of the molecule is CC(C)C(=O)N(Cc1cc(NC(=O)c2cccc(F)c2)ccc1N(C)C)C1CC1. The number of hydrogen-bond donors (Lipinski definition) is 1. The maximum Gasteiger partial charge on any atom is 0.255 e. The van der Waals surface area contributed by atoms with Crippen molar-refractivity contribution in [2.45, 2.75) is 39.3 Å². The van der Waals surface area contributed by atoms with Crippen molar-refractivity contribution in [2.75, 3.05) is 24.3 Å².